The summed E-state index contributed by atoms with van der Waals surface area (Å²) in [6.07, 6.45) is 1.67. The molecule has 2 aliphatic rings. The van der Waals surface area contributed by atoms with Crippen molar-refractivity contribution in [2.45, 2.75) is 39.4 Å². The fourth-order valence-corrected chi connectivity index (χ4v) is 4.63. The van der Waals surface area contributed by atoms with Gasteiger partial charge in [-0.25, -0.2) is 0 Å². The zero-order valence-electron chi connectivity index (χ0n) is 19.8. The number of nitrogens with one attached hydrogen (secondary N) is 1. The predicted octanol–water partition coefficient (Wildman–Crippen LogP) is 3.63. The topological polar surface area (TPSA) is 51.2 Å². The zero-order chi connectivity index (χ0) is 22.3. The Balaban J connectivity index is 0.00000306. The van der Waals surface area contributed by atoms with Crippen LogP contribution in [-0.2, 0) is 24.4 Å². The molecular formula is C26H36IN5O. The van der Waals surface area contributed by atoms with Crippen molar-refractivity contribution in [1.29, 1.82) is 0 Å². The minimum Gasteiger partial charge on any atom is -0.352 e. The lowest BCUT2D eigenvalue weighted by Gasteiger charge is -2.36. The van der Waals surface area contributed by atoms with E-state index in [0.717, 1.165) is 58.2 Å². The van der Waals surface area contributed by atoms with Crippen LogP contribution in [0.25, 0.3) is 0 Å². The van der Waals surface area contributed by atoms with Crippen LogP contribution in [0.2, 0.25) is 0 Å². The van der Waals surface area contributed by atoms with E-state index in [0.29, 0.717) is 13.0 Å². The highest BCUT2D eigenvalue weighted by Gasteiger charge is 2.21. The Morgan fingerprint density at radius 1 is 0.939 bits per heavy atom. The zero-order valence-corrected chi connectivity index (χ0v) is 22.1. The van der Waals surface area contributed by atoms with E-state index >= 15 is 0 Å². The summed E-state index contributed by atoms with van der Waals surface area (Å²) >= 11 is 0. The van der Waals surface area contributed by atoms with Crippen LogP contribution in [0.15, 0.2) is 53.5 Å². The van der Waals surface area contributed by atoms with Gasteiger partial charge < -0.3 is 15.1 Å². The molecule has 6 nitrogen and oxygen atoms in total. The minimum absolute atomic E-state index is 0. The number of likely N-dealkylation sites (tertiary alicyclic amines) is 1. The second kappa shape index (κ2) is 12.4. The third-order valence-corrected chi connectivity index (χ3v) is 6.36. The van der Waals surface area contributed by atoms with E-state index in [-0.39, 0.29) is 29.9 Å². The summed E-state index contributed by atoms with van der Waals surface area (Å²) in [7, 11) is 1.86. The van der Waals surface area contributed by atoms with Crippen LogP contribution in [0, 0.1) is 6.92 Å². The van der Waals surface area contributed by atoms with Gasteiger partial charge in [0.1, 0.15) is 0 Å². The number of carbonyl (C=O) groups excluding carboxylic acids is 1. The van der Waals surface area contributed by atoms with Crippen LogP contribution in [0.3, 0.4) is 0 Å². The molecule has 0 aromatic heterocycles. The number of guanidine groups is 1. The number of rotatable bonds is 6. The van der Waals surface area contributed by atoms with Gasteiger partial charge in [-0.15, -0.1) is 24.0 Å². The number of benzene rings is 2. The maximum atomic E-state index is 11.9. The van der Waals surface area contributed by atoms with Gasteiger partial charge in [0.2, 0.25) is 5.91 Å². The van der Waals surface area contributed by atoms with Crippen molar-refractivity contribution in [3.05, 3.63) is 70.8 Å². The molecule has 178 valence electrons. The first kappa shape index (κ1) is 25.5. The van der Waals surface area contributed by atoms with Crippen LogP contribution >= 0.6 is 24.0 Å². The molecule has 2 heterocycles. The van der Waals surface area contributed by atoms with Gasteiger partial charge in [0.25, 0.3) is 0 Å². The molecule has 2 fully saturated rings. The number of aliphatic imine (C=N–C) groups is 1. The van der Waals surface area contributed by atoms with Gasteiger partial charge in [-0.3, -0.25) is 14.7 Å². The second-order valence-corrected chi connectivity index (χ2v) is 8.89. The highest BCUT2D eigenvalue weighted by Crippen LogP contribution is 2.15. The van der Waals surface area contributed by atoms with E-state index in [2.05, 4.69) is 75.6 Å². The molecule has 2 saturated heterocycles. The summed E-state index contributed by atoms with van der Waals surface area (Å²) < 4.78 is 0. The quantitative estimate of drug-likeness (QED) is 0.333. The molecule has 0 aliphatic carbocycles. The Morgan fingerprint density at radius 3 is 2.30 bits per heavy atom. The van der Waals surface area contributed by atoms with Gasteiger partial charge in [-0.2, -0.15) is 0 Å². The molecule has 7 heteroatoms. The Kier molecular flexibility index (Phi) is 9.55. The molecule has 33 heavy (non-hydrogen) atoms. The molecule has 0 bridgehead atoms. The summed E-state index contributed by atoms with van der Waals surface area (Å²) in [4.78, 5) is 23.3. The third-order valence-electron chi connectivity index (χ3n) is 6.36. The van der Waals surface area contributed by atoms with Crippen LogP contribution in [-0.4, -0.2) is 66.3 Å². The maximum absolute atomic E-state index is 11.9. The molecule has 0 unspecified atom stereocenters. The van der Waals surface area contributed by atoms with E-state index in [4.69, 9.17) is 0 Å². The summed E-state index contributed by atoms with van der Waals surface area (Å²) in [5.41, 5.74) is 5.12. The van der Waals surface area contributed by atoms with Crippen molar-refractivity contribution >= 4 is 35.8 Å². The lowest BCUT2D eigenvalue weighted by atomic mass is 10.1. The standard InChI is InChI=1S/C26H35N5O.HI/c1-21-6-3-8-23(16-21)19-29-12-14-30(15-13-29)26(27-2)28-18-22-7-4-9-24(17-22)20-31-11-5-10-25(31)32;/h3-4,6-9,16-17H,5,10-15,18-20H2,1-2H3,(H,27,28);1H. The van der Waals surface area contributed by atoms with Crippen molar-refractivity contribution in [2.75, 3.05) is 39.8 Å². The lowest BCUT2D eigenvalue weighted by Crippen LogP contribution is -2.52. The average Bonchev–Trinajstić information content (AvgIpc) is 3.20. The third kappa shape index (κ3) is 7.17. The fourth-order valence-electron chi connectivity index (χ4n) is 4.63. The number of amides is 1. The molecule has 0 atom stereocenters. The highest BCUT2D eigenvalue weighted by molar-refractivity contribution is 14.0. The summed E-state index contributed by atoms with van der Waals surface area (Å²) in [6.45, 7) is 9.51. The smallest absolute Gasteiger partial charge is 0.222 e. The first-order valence-electron chi connectivity index (χ1n) is 11.7. The van der Waals surface area contributed by atoms with Gasteiger partial charge >= 0.3 is 0 Å². The summed E-state index contributed by atoms with van der Waals surface area (Å²) in [5.74, 6) is 1.23. The molecule has 2 aromatic carbocycles. The van der Waals surface area contributed by atoms with E-state index in [1.807, 2.05) is 11.9 Å². The first-order chi connectivity index (χ1) is 15.6. The van der Waals surface area contributed by atoms with E-state index in [1.165, 1.54) is 22.3 Å². The Hall–Kier alpha value is -2.13. The Morgan fingerprint density at radius 2 is 1.64 bits per heavy atom. The maximum Gasteiger partial charge on any atom is 0.222 e. The van der Waals surface area contributed by atoms with E-state index in [9.17, 15) is 4.79 Å². The van der Waals surface area contributed by atoms with Crippen LogP contribution in [0.1, 0.15) is 35.1 Å². The molecular weight excluding hydrogens is 525 g/mol. The number of hydrogen-bond donors (Lipinski definition) is 1. The van der Waals surface area contributed by atoms with E-state index in [1.54, 1.807) is 0 Å². The molecule has 0 saturated carbocycles. The first-order valence-corrected chi connectivity index (χ1v) is 11.7. The summed E-state index contributed by atoms with van der Waals surface area (Å²) in [5, 5.41) is 3.53. The Labute approximate surface area is 215 Å². The number of halogens is 1. The van der Waals surface area contributed by atoms with Crippen molar-refractivity contribution in [3.63, 3.8) is 0 Å². The van der Waals surface area contributed by atoms with Crippen LogP contribution < -0.4 is 5.32 Å². The van der Waals surface area contributed by atoms with Crippen molar-refractivity contribution in [3.8, 4) is 0 Å². The number of aryl methyl sites for hydroxylation is 1. The number of hydrogen-bond acceptors (Lipinski definition) is 3. The van der Waals surface area contributed by atoms with Crippen LogP contribution in [0.4, 0.5) is 0 Å². The largest absolute Gasteiger partial charge is 0.352 e. The van der Waals surface area contributed by atoms with E-state index < -0.39 is 0 Å². The van der Waals surface area contributed by atoms with Gasteiger partial charge in [-0.05, 0) is 30.0 Å². The molecule has 2 aromatic rings. The molecule has 0 spiro atoms. The predicted molar refractivity (Wildman–Crippen MR) is 145 cm³/mol. The highest BCUT2D eigenvalue weighted by atomic mass is 127. The molecule has 2 aliphatic heterocycles. The SMILES string of the molecule is CN=C(NCc1cccc(CN2CCCC2=O)c1)N1CCN(Cc2cccc(C)c2)CC1.I. The molecule has 0 radical (unpaired) electrons. The monoisotopic (exact) mass is 561 g/mol. The molecule has 1 N–H and O–H groups in total. The minimum atomic E-state index is 0. The van der Waals surface area contributed by atoms with Gasteiger partial charge in [0.05, 0.1) is 0 Å². The Bertz CT molecular complexity index is 955. The van der Waals surface area contributed by atoms with Gasteiger partial charge in [0.15, 0.2) is 5.96 Å². The average molecular weight is 562 g/mol. The number of piperazine rings is 1. The fraction of sp³-hybridized carbons (Fsp3) is 0.462. The number of carbonyl (C=O) groups is 1. The summed E-state index contributed by atoms with van der Waals surface area (Å²) in [6, 6.07) is 17.3. The van der Waals surface area contributed by atoms with Gasteiger partial charge in [0, 0.05) is 65.8 Å². The van der Waals surface area contributed by atoms with Crippen LogP contribution in [0.5, 0.6) is 0 Å². The second-order valence-electron chi connectivity index (χ2n) is 8.89. The molecule has 1 amide bonds. The lowest BCUT2D eigenvalue weighted by molar-refractivity contribution is -0.128. The van der Waals surface area contributed by atoms with Crippen molar-refractivity contribution in [2.24, 2.45) is 4.99 Å². The number of nitrogens with zero attached hydrogens (tertiary/aromatic N) is 4. The molecule has 4 rings (SSSR count). The van der Waals surface area contributed by atoms with Crippen molar-refractivity contribution < 1.29 is 4.79 Å². The van der Waals surface area contributed by atoms with Gasteiger partial charge in [-0.1, -0.05) is 54.1 Å². The van der Waals surface area contributed by atoms with Crippen molar-refractivity contribution in [1.82, 2.24) is 20.0 Å². The normalized spacial score (nSPS) is 17.3.